The molecule has 5 heteroatoms. The molecule has 0 saturated heterocycles. The number of hydrogen-bond donors (Lipinski definition) is 2. The predicted octanol–water partition coefficient (Wildman–Crippen LogP) is 1.37. The van der Waals surface area contributed by atoms with Crippen molar-refractivity contribution in [2.75, 3.05) is 6.54 Å². The summed E-state index contributed by atoms with van der Waals surface area (Å²) >= 11 is 0. The summed E-state index contributed by atoms with van der Waals surface area (Å²) in [5.74, 6) is 0. The monoisotopic (exact) mass is 248 g/mol. The quantitative estimate of drug-likeness (QED) is 0.722. The highest BCUT2D eigenvalue weighted by Gasteiger charge is 2.25. The highest BCUT2D eigenvalue weighted by atomic mass is 32.2. The van der Waals surface area contributed by atoms with Gasteiger partial charge in [0.2, 0.25) is 10.0 Å². The average Bonchev–Trinajstić information content (AvgIpc) is 2.47. The van der Waals surface area contributed by atoms with Gasteiger partial charge in [0, 0.05) is 12.6 Å². The van der Waals surface area contributed by atoms with Gasteiger partial charge in [-0.15, -0.1) is 0 Å². The number of sulfonamides is 1. The Bertz CT molecular complexity index is 278. The first kappa shape index (κ1) is 13.9. The van der Waals surface area contributed by atoms with E-state index in [2.05, 4.69) is 4.72 Å². The first-order valence-corrected chi connectivity index (χ1v) is 7.86. The molecule has 1 aliphatic carbocycles. The molecular weight excluding hydrogens is 224 g/mol. The van der Waals surface area contributed by atoms with Crippen LogP contribution >= 0.6 is 0 Å². The van der Waals surface area contributed by atoms with E-state index in [-0.39, 0.29) is 12.6 Å². The van der Waals surface area contributed by atoms with Gasteiger partial charge in [-0.2, -0.15) is 0 Å². The highest BCUT2D eigenvalue weighted by Crippen LogP contribution is 2.18. The van der Waals surface area contributed by atoms with Crippen molar-refractivity contribution in [1.82, 2.24) is 4.72 Å². The van der Waals surface area contributed by atoms with E-state index in [1.807, 2.05) is 6.92 Å². The number of hydrogen-bond acceptors (Lipinski definition) is 3. The van der Waals surface area contributed by atoms with Crippen LogP contribution in [0.5, 0.6) is 0 Å². The second-order valence-corrected chi connectivity index (χ2v) is 6.61. The molecule has 0 spiro atoms. The molecule has 96 valence electrons. The van der Waals surface area contributed by atoms with Crippen LogP contribution in [0, 0.1) is 0 Å². The zero-order valence-corrected chi connectivity index (χ0v) is 10.9. The van der Waals surface area contributed by atoms with E-state index in [1.165, 1.54) is 12.8 Å². The van der Waals surface area contributed by atoms with Crippen molar-refractivity contribution in [2.24, 2.45) is 5.73 Å². The molecule has 1 unspecified atom stereocenters. The van der Waals surface area contributed by atoms with Gasteiger partial charge in [-0.1, -0.05) is 32.6 Å². The van der Waals surface area contributed by atoms with E-state index in [9.17, 15) is 8.42 Å². The van der Waals surface area contributed by atoms with Crippen LogP contribution in [0.3, 0.4) is 0 Å². The van der Waals surface area contributed by atoms with Crippen LogP contribution in [-0.4, -0.2) is 26.3 Å². The third kappa shape index (κ3) is 4.03. The number of rotatable bonds is 5. The van der Waals surface area contributed by atoms with Crippen molar-refractivity contribution in [2.45, 2.75) is 63.2 Å². The van der Waals surface area contributed by atoms with Crippen molar-refractivity contribution in [3.05, 3.63) is 0 Å². The van der Waals surface area contributed by atoms with Crippen LogP contribution < -0.4 is 10.5 Å². The minimum atomic E-state index is -3.21. The smallest absolute Gasteiger partial charge is 0.215 e. The van der Waals surface area contributed by atoms with Crippen LogP contribution in [-0.2, 0) is 10.0 Å². The molecule has 1 fully saturated rings. The summed E-state index contributed by atoms with van der Waals surface area (Å²) in [4.78, 5) is 0. The minimum Gasteiger partial charge on any atom is -0.329 e. The Morgan fingerprint density at radius 3 is 2.25 bits per heavy atom. The topological polar surface area (TPSA) is 72.2 Å². The molecule has 16 heavy (non-hydrogen) atoms. The van der Waals surface area contributed by atoms with Gasteiger partial charge in [0.1, 0.15) is 0 Å². The van der Waals surface area contributed by atoms with Crippen LogP contribution in [0.1, 0.15) is 51.9 Å². The second-order valence-electron chi connectivity index (χ2n) is 4.62. The lowest BCUT2D eigenvalue weighted by atomic mass is 10.1. The summed E-state index contributed by atoms with van der Waals surface area (Å²) in [6, 6.07) is 0.132. The third-order valence-electron chi connectivity index (χ3n) is 3.34. The van der Waals surface area contributed by atoms with Gasteiger partial charge in [0.05, 0.1) is 5.25 Å². The van der Waals surface area contributed by atoms with Crippen LogP contribution in [0.25, 0.3) is 0 Å². The van der Waals surface area contributed by atoms with E-state index in [4.69, 9.17) is 5.73 Å². The fraction of sp³-hybridized carbons (Fsp3) is 1.00. The lowest BCUT2D eigenvalue weighted by Gasteiger charge is -2.20. The van der Waals surface area contributed by atoms with Crippen molar-refractivity contribution in [1.29, 1.82) is 0 Å². The molecule has 4 nitrogen and oxygen atoms in total. The summed E-state index contributed by atoms with van der Waals surface area (Å²) < 4.78 is 26.8. The molecule has 1 aliphatic rings. The molecule has 1 atom stereocenters. The fourth-order valence-electron chi connectivity index (χ4n) is 2.24. The first-order valence-electron chi connectivity index (χ1n) is 6.31. The van der Waals surface area contributed by atoms with Gasteiger partial charge in [0.25, 0.3) is 0 Å². The lowest BCUT2D eigenvalue weighted by Crippen LogP contribution is -2.43. The molecule has 0 aromatic rings. The molecular formula is C11H24N2O2S. The molecule has 3 N–H and O–H groups in total. The second kappa shape index (κ2) is 6.57. The van der Waals surface area contributed by atoms with E-state index in [0.29, 0.717) is 6.42 Å². The average molecular weight is 248 g/mol. The third-order valence-corrected chi connectivity index (χ3v) is 5.41. The van der Waals surface area contributed by atoms with Gasteiger partial charge in [0.15, 0.2) is 0 Å². The largest absolute Gasteiger partial charge is 0.329 e. The Balaban J connectivity index is 2.56. The van der Waals surface area contributed by atoms with Gasteiger partial charge in [-0.05, 0) is 19.3 Å². The predicted molar refractivity (Wildman–Crippen MR) is 66.7 cm³/mol. The van der Waals surface area contributed by atoms with E-state index in [1.54, 1.807) is 0 Å². The Kier molecular flexibility index (Phi) is 5.72. The SMILES string of the molecule is CCC(CN)S(=O)(=O)NC1CCCCCC1. The fourth-order valence-corrected chi connectivity index (χ4v) is 3.82. The van der Waals surface area contributed by atoms with E-state index in [0.717, 1.165) is 25.7 Å². The number of nitrogens with two attached hydrogens (primary N) is 1. The van der Waals surface area contributed by atoms with Gasteiger partial charge < -0.3 is 5.73 Å². The molecule has 0 aromatic carbocycles. The summed E-state index contributed by atoms with van der Waals surface area (Å²) in [7, 11) is -3.21. The summed E-state index contributed by atoms with van der Waals surface area (Å²) in [5.41, 5.74) is 5.49. The number of nitrogens with one attached hydrogen (secondary N) is 1. The molecule has 1 rings (SSSR count). The molecule has 1 saturated carbocycles. The van der Waals surface area contributed by atoms with Crippen molar-refractivity contribution < 1.29 is 8.42 Å². The first-order chi connectivity index (χ1) is 7.60. The Morgan fingerprint density at radius 1 is 1.25 bits per heavy atom. The summed E-state index contributed by atoms with van der Waals surface area (Å²) in [6.45, 7) is 2.07. The maximum absolute atomic E-state index is 12.0. The Labute approximate surface area is 99.0 Å². The van der Waals surface area contributed by atoms with Crippen molar-refractivity contribution in [3.8, 4) is 0 Å². The van der Waals surface area contributed by atoms with Gasteiger partial charge >= 0.3 is 0 Å². The van der Waals surface area contributed by atoms with E-state index >= 15 is 0 Å². The highest BCUT2D eigenvalue weighted by molar-refractivity contribution is 7.90. The van der Waals surface area contributed by atoms with Crippen LogP contribution in [0.15, 0.2) is 0 Å². The maximum atomic E-state index is 12.0. The van der Waals surface area contributed by atoms with Crippen molar-refractivity contribution in [3.63, 3.8) is 0 Å². The zero-order valence-electron chi connectivity index (χ0n) is 10.1. The molecule has 0 bridgehead atoms. The van der Waals surface area contributed by atoms with Crippen LogP contribution in [0.4, 0.5) is 0 Å². The normalized spacial score (nSPS) is 21.6. The zero-order chi connectivity index (χ0) is 12.0. The van der Waals surface area contributed by atoms with Crippen LogP contribution in [0.2, 0.25) is 0 Å². The molecule has 0 aliphatic heterocycles. The van der Waals surface area contributed by atoms with Crippen molar-refractivity contribution >= 4 is 10.0 Å². The van der Waals surface area contributed by atoms with Gasteiger partial charge in [-0.3, -0.25) is 0 Å². The Hall–Kier alpha value is -0.130. The summed E-state index contributed by atoms with van der Waals surface area (Å²) in [5, 5.41) is -0.434. The summed E-state index contributed by atoms with van der Waals surface area (Å²) in [6.07, 6.45) is 7.25. The van der Waals surface area contributed by atoms with Gasteiger partial charge in [-0.25, -0.2) is 13.1 Å². The van der Waals surface area contributed by atoms with E-state index < -0.39 is 15.3 Å². The Morgan fingerprint density at radius 2 is 1.81 bits per heavy atom. The molecule has 0 heterocycles. The standard InChI is InChI=1S/C11H24N2O2S/c1-2-11(9-12)16(14,15)13-10-7-5-3-4-6-8-10/h10-11,13H,2-9,12H2,1H3. The maximum Gasteiger partial charge on any atom is 0.215 e. The molecule has 0 aromatic heterocycles. The molecule has 0 radical (unpaired) electrons. The molecule has 0 amide bonds. The minimum absolute atomic E-state index is 0.132. The lowest BCUT2D eigenvalue weighted by molar-refractivity contribution is 0.500.